The van der Waals surface area contributed by atoms with Gasteiger partial charge in [0.2, 0.25) is 12.3 Å². The van der Waals surface area contributed by atoms with Crippen LogP contribution in [0.15, 0.2) is 30.5 Å². The highest BCUT2D eigenvalue weighted by Gasteiger charge is 2.04. The van der Waals surface area contributed by atoms with Crippen LogP contribution in [-0.4, -0.2) is 30.4 Å². The fourth-order valence-corrected chi connectivity index (χ4v) is 1.94. The van der Waals surface area contributed by atoms with Crippen LogP contribution < -0.4 is 10.6 Å². The third-order valence-corrected chi connectivity index (χ3v) is 2.89. The Hall–Kier alpha value is -2.30. The molecule has 0 aliphatic rings. The Balaban J connectivity index is 1.79. The van der Waals surface area contributed by atoms with Crippen LogP contribution in [0.4, 0.5) is 0 Å². The molecule has 0 radical (unpaired) electrons. The Labute approximate surface area is 111 Å². The molecule has 0 aliphatic carbocycles. The van der Waals surface area contributed by atoms with Gasteiger partial charge in [0.05, 0.1) is 6.42 Å². The first-order chi connectivity index (χ1) is 9.29. The highest BCUT2D eigenvalue weighted by molar-refractivity contribution is 5.83. The van der Waals surface area contributed by atoms with Crippen LogP contribution in [-0.2, 0) is 16.0 Å². The number of rotatable bonds is 7. The van der Waals surface area contributed by atoms with Gasteiger partial charge < -0.3 is 15.6 Å². The van der Waals surface area contributed by atoms with Gasteiger partial charge in [-0.25, -0.2) is 0 Å². The lowest BCUT2D eigenvalue weighted by atomic mass is 10.1. The molecule has 2 amide bonds. The number of H-pyrrole nitrogens is 1. The first-order valence-corrected chi connectivity index (χ1v) is 6.29. The fourth-order valence-electron chi connectivity index (χ4n) is 1.94. The molecular weight excluding hydrogens is 242 g/mol. The van der Waals surface area contributed by atoms with Crippen molar-refractivity contribution in [1.29, 1.82) is 0 Å². The van der Waals surface area contributed by atoms with Crippen molar-refractivity contribution in [1.82, 2.24) is 15.6 Å². The van der Waals surface area contributed by atoms with Crippen molar-refractivity contribution in [2.75, 3.05) is 13.1 Å². The van der Waals surface area contributed by atoms with E-state index in [1.54, 1.807) is 0 Å². The van der Waals surface area contributed by atoms with E-state index in [1.807, 2.05) is 30.5 Å². The zero-order valence-electron chi connectivity index (χ0n) is 10.6. The largest absolute Gasteiger partial charge is 0.361 e. The quantitative estimate of drug-likeness (QED) is 0.512. The molecular formula is C14H17N3O2. The zero-order valence-corrected chi connectivity index (χ0v) is 10.6. The monoisotopic (exact) mass is 259 g/mol. The lowest BCUT2D eigenvalue weighted by molar-refractivity contribution is -0.120. The molecule has 2 aromatic rings. The van der Waals surface area contributed by atoms with E-state index >= 15 is 0 Å². The summed E-state index contributed by atoms with van der Waals surface area (Å²) in [6, 6.07) is 7.93. The van der Waals surface area contributed by atoms with Crippen molar-refractivity contribution in [3.8, 4) is 0 Å². The summed E-state index contributed by atoms with van der Waals surface area (Å²) in [6.45, 7) is 1.16. The number of amides is 2. The van der Waals surface area contributed by atoms with Crippen molar-refractivity contribution in [2.45, 2.75) is 12.8 Å². The number of hydrogen-bond donors (Lipinski definition) is 3. The number of benzene rings is 1. The van der Waals surface area contributed by atoms with Gasteiger partial charge in [-0.2, -0.15) is 0 Å². The second-order valence-electron chi connectivity index (χ2n) is 4.35. The molecule has 5 heteroatoms. The molecule has 5 nitrogen and oxygen atoms in total. The van der Waals surface area contributed by atoms with Crippen molar-refractivity contribution < 1.29 is 9.59 Å². The maximum Gasteiger partial charge on any atom is 0.224 e. The topological polar surface area (TPSA) is 74.0 Å². The average molecular weight is 259 g/mol. The van der Waals surface area contributed by atoms with E-state index in [0.29, 0.717) is 25.9 Å². The molecule has 2 rings (SSSR count). The Morgan fingerprint density at radius 2 is 2.16 bits per heavy atom. The summed E-state index contributed by atoms with van der Waals surface area (Å²) in [7, 11) is 0. The second kappa shape index (κ2) is 6.58. The van der Waals surface area contributed by atoms with Gasteiger partial charge in [-0.1, -0.05) is 6.07 Å². The van der Waals surface area contributed by atoms with Crippen LogP contribution in [0.25, 0.3) is 10.9 Å². The van der Waals surface area contributed by atoms with E-state index in [2.05, 4.69) is 15.6 Å². The summed E-state index contributed by atoms with van der Waals surface area (Å²) >= 11 is 0. The number of carbonyl (C=O) groups is 2. The minimum atomic E-state index is 0.000916. The lowest BCUT2D eigenvalue weighted by Crippen LogP contribution is -2.28. The van der Waals surface area contributed by atoms with Gasteiger partial charge in [0.25, 0.3) is 0 Å². The van der Waals surface area contributed by atoms with Gasteiger partial charge in [-0.15, -0.1) is 0 Å². The van der Waals surface area contributed by atoms with Crippen molar-refractivity contribution in [2.24, 2.45) is 0 Å². The Morgan fingerprint density at radius 3 is 3.00 bits per heavy atom. The normalized spacial score (nSPS) is 10.3. The van der Waals surface area contributed by atoms with E-state index in [9.17, 15) is 9.59 Å². The fraction of sp³-hybridized carbons (Fsp3) is 0.286. The second-order valence-corrected chi connectivity index (χ2v) is 4.35. The molecule has 0 atom stereocenters. The van der Waals surface area contributed by atoms with Crippen molar-refractivity contribution in [3.63, 3.8) is 0 Å². The standard InChI is InChI=1S/C14H17N3O2/c18-10-15-5-1-6-17-14(19)9-11-2-3-13-12(8-11)4-7-16-13/h2-4,7-8,10,16H,1,5-6,9H2,(H,15,18)(H,17,19). The summed E-state index contributed by atoms with van der Waals surface area (Å²) in [6.07, 6.45) is 3.66. The molecule has 1 aromatic heterocycles. The zero-order chi connectivity index (χ0) is 13.5. The summed E-state index contributed by atoms with van der Waals surface area (Å²) < 4.78 is 0. The van der Waals surface area contributed by atoms with Gasteiger partial charge >= 0.3 is 0 Å². The number of fused-ring (bicyclic) bond motifs is 1. The number of nitrogens with one attached hydrogen (secondary N) is 3. The van der Waals surface area contributed by atoms with Crippen molar-refractivity contribution in [3.05, 3.63) is 36.0 Å². The van der Waals surface area contributed by atoms with Crippen LogP contribution in [0, 0.1) is 0 Å². The summed E-state index contributed by atoms with van der Waals surface area (Å²) in [5.74, 6) is 0.000916. The SMILES string of the molecule is O=CNCCCNC(=O)Cc1ccc2[nH]ccc2c1. The summed E-state index contributed by atoms with van der Waals surface area (Å²) in [5.41, 5.74) is 2.07. The summed E-state index contributed by atoms with van der Waals surface area (Å²) in [5, 5.41) is 6.49. The predicted octanol–water partition coefficient (Wildman–Crippen LogP) is 0.963. The van der Waals surface area contributed by atoms with E-state index < -0.39 is 0 Å². The van der Waals surface area contributed by atoms with E-state index in [1.165, 1.54) is 0 Å². The number of hydrogen-bond acceptors (Lipinski definition) is 2. The molecule has 1 aromatic carbocycles. The molecule has 100 valence electrons. The van der Waals surface area contributed by atoms with Gasteiger partial charge in [-0.3, -0.25) is 9.59 Å². The van der Waals surface area contributed by atoms with Crippen LogP contribution in [0.1, 0.15) is 12.0 Å². The summed E-state index contributed by atoms with van der Waals surface area (Å²) in [4.78, 5) is 24.9. The van der Waals surface area contributed by atoms with Crippen LogP contribution in [0.2, 0.25) is 0 Å². The molecule has 0 aliphatic heterocycles. The highest BCUT2D eigenvalue weighted by Crippen LogP contribution is 2.14. The van der Waals surface area contributed by atoms with Crippen molar-refractivity contribution >= 4 is 23.2 Å². The van der Waals surface area contributed by atoms with Gasteiger partial charge in [-0.05, 0) is 35.6 Å². The van der Waals surface area contributed by atoms with Crippen LogP contribution in [0.5, 0.6) is 0 Å². The van der Waals surface area contributed by atoms with Gasteiger partial charge in [0.15, 0.2) is 0 Å². The highest BCUT2D eigenvalue weighted by atomic mass is 16.1. The molecule has 19 heavy (non-hydrogen) atoms. The molecule has 0 spiro atoms. The van der Waals surface area contributed by atoms with Gasteiger partial charge in [0, 0.05) is 24.8 Å². The molecule has 0 fully saturated rings. The Bertz CT molecular complexity index is 563. The molecule has 0 saturated carbocycles. The Kier molecular flexibility index (Phi) is 4.55. The number of aromatic amines is 1. The van der Waals surface area contributed by atoms with Gasteiger partial charge in [0.1, 0.15) is 0 Å². The first-order valence-electron chi connectivity index (χ1n) is 6.29. The molecule has 3 N–H and O–H groups in total. The molecule has 0 unspecified atom stereocenters. The number of carbonyl (C=O) groups excluding carboxylic acids is 2. The third-order valence-electron chi connectivity index (χ3n) is 2.89. The first kappa shape index (κ1) is 13.1. The Morgan fingerprint density at radius 1 is 1.26 bits per heavy atom. The molecule has 0 bridgehead atoms. The predicted molar refractivity (Wildman–Crippen MR) is 73.7 cm³/mol. The lowest BCUT2D eigenvalue weighted by Gasteiger charge is -2.05. The maximum absolute atomic E-state index is 11.7. The van der Waals surface area contributed by atoms with E-state index in [0.717, 1.165) is 22.9 Å². The minimum Gasteiger partial charge on any atom is -0.361 e. The number of aromatic nitrogens is 1. The van der Waals surface area contributed by atoms with Crippen LogP contribution in [0.3, 0.4) is 0 Å². The smallest absolute Gasteiger partial charge is 0.224 e. The molecule has 1 heterocycles. The van der Waals surface area contributed by atoms with E-state index in [4.69, 9.17) is 0 Å². The minimum absolute atomic E-state index is 0.000916. The average Bonchev–Trinajstić information content (AvgIpc) is 2.86. The molecule has 0 saturated heterocycles. The van der Waals surface area contributed by atoms with E-state index in [-0.39, 0.29) is 5.91 Å². The van der Waals surface area contributed by atoms with Crippen LogP contribution >= 0.6 is 0 Å². The third kappa shape index (κ3) is 3.84. The maximum atomic E-state index is 11.7.